The lowest BCUT2D eigenvalue weighted by molar-refractivity contribution is -0.0475. The number of hydrogen-bond donors (Lipinski definition) is 1. The summed E-state index contributed by atoms with van der Waals surface area (Å²) in [6.45, 7) is 6.76. The van der Waals surface area contributed by atoms with Gasteiger partial charge in [-0.2, -0.15) is 0 Å². The molecule has 0 aromatic rings. The lowest BCUT2D eigenvalue weighted by Crippen LogP contribution is -2.22. The van der Waals surface area contributed by atoms with Crippen LogP contribution in [-0.2, 0) is 18.9 Å². The molecule has 0 aromatic heterocycles. The Labute approximate surface area is 97.6 Å². The number of rotatable bonds is 11. The van der Waals surface area contributed by atoms with Crippen molar-refractivity contribution < 1.29 is 24.1 Å². The molecule has 0 aliphatic rings. The van der Waals surface area contributed by atoms with Crippen LogP contribution >= 0.6 is 0 Å². The molecular weight excluding hydrogens is 212 g/mol. The molecular formula is C11H24O5. The third kappa shape index (κ3) is 11.9. The van der Waals surface area contributed by atoms with E-state index >= 15 is 0 Å². The fourth-order valence-electron chi connectivity index (χ4n) is 0.963. The Morgan fingerprint density at radius 1 is 0.938 bits per heavy atom. The second-order valence-electron chi connectivity index (χ2n) is 3.67. The van der Waals surface area contributed by atoms with Crippen molar-refractivity contribution in [2.24, 2.45) is 0 Å². The molecule has 98 valence electrons. The highest BCUT2D eigenvalue weighted by Gasteiger charge is 2.04. The Balaban J connectivity index is 3.12. The first-order valence-corrected chi connectivity index (χ1v) is 5.61. The average Bonchev–Trinajstić information content (AvgIpc) is 2.25. The van der Waals surface area contributed by atoms with Crippen LogP contribution in [0.2, 0.25) is 0 Å². The van der Waals surface area contributed by atoms with Gasteiger partial charge in [-0.15, -0.1) is 0 Å². The molecule has 16 heavy (non-hydrogen) atoms. The maximum Gasteiger partial charge on any atom is 0.0781 e. The van der Waals surface area contributed by atoms with Crippen LogP contribution in [0.15, 0.2) is 0 Å². The predicted molar refractivity (Wildman–Crippen MR) is 60.6 cm³/mol. The summed E-state index contributed by atoms with van der Waals surface area (Å²) in [6, 6.07) is 0. The van der Waals surface area contributed by atoms with Crippen LogP contribution in [0.5, 0.6) is 0 Å². The molecule has 0 saturated carbocycles. The van der Waals surface area contributed by atoms with Gasteiger partial charge in [0.15, 0.2) is 0 Å². The molecule has 0 aromatic carbocycles. The highest BCUT2D eigenvalue weighted by Crippen LogP contribution is 1.94. The van der Waals surface area contributed by atoms with Crippen LogP contribution in [0.4, 0.5) is 0 Å². The molecule has 0 spiro atoms. The summed E-state index contributed by atoms with van der Waals surface area (Å²) in [6.07, 6.45) is -0.437. The zero-order valence-corrected chi connectivity index (χ0v) is 10.5. The quantitative estimate of drug-likeness (QED) is 0.528. The Bertz CT molecular complexity index is 140. The Morgan fingerprint density at radius 2 is 1.56 bits per heavy atom. The minimum Gasteiger partial charge on any atom is -0.391 e. The van der Waals surface area contributed by atoms with Gasteiger partial charge in [-0.05, 0) is 13.8 Å². The summed E-state index contributed by atoms with van der Waals surface area (Å²) in [5.41, 5.74) is 0. The Kier molecular flexibility index (Phi) is 11.1. The molecule has 2 atom stereocenters. The monoisotopic (exact) mass is 236 g/mol. The molecule has 0 saturated heterocycles. The van der Waals surface area contributed by atoms with E-state index in [1.54, 1.807) is 14.0 Å². The lowest BCUT2D eigenvalue weighted by Gasteiger charge is -2.14. The van der Waals surface area contributed by atoms with E-state index < -0.39 is 6.10 Å². The normalized spacial score (nSPS) is 15.0. The van der Waals surface area contributed by atoms with E-state index in [1.165, 1.54) is 0 Å². The maximum absolute atomic E-state index is 9.00. The number of hydrogen-bond acceptors (Lipinski definition) is 5. The van der Waals surface area contributed by atoms with Crippen molar-refractivity contribution in [3.05, 3.63) is 0 Å². The van der Waals surface area contributed by atoms with Crippen LogP contribution in [-0.4, -0.2) is 64.1 Å². The molecule has 0 radical (unpaired) electrons. The van der Waals surface area contributed by atoms with Crippen LogP contribution < -0.4 is 0 Å². The molecule has 5 nitrogen and oxygen atoms in total. The first-order chi connectivity index (χ1) is 7.66. The minimum absolute atomic E-state index is 0.00595. The molecule has 0 heterocycles. The summed E-state index contributed by atoms with van der Waals surface area (Å²) in [5, 5.41) is 9.00. The van der Waals surface area contributed by atoms with Gasteiger partial charge in [0.2, 0.25) is 0 Å². The number of aliphatic hydroxyl groups excluding tert-OH is 1. The summed E-state index contributed by atoms with van der Waals surface area (Å²) in [5.74, 6) is 0. The summed E-state index contributed by atoms with van der Waals surface area (Å²) < 4.78 is 20.7. The van der Waals surface area contributed by atoms with E-state index in [0.29, 0.717) is 39.6 Å². The van der Waals surface area contributed by atoms with Crippen LogP contribution in [0.3, 0.4) is 0 Å². The van der Waals surface area contributed by atoms with Gasteiger partial charge in [-0.3, -0.25) is 0 Å². The van der Waals surface area contributed by atoms with Gasteiger partial charge in [-0.25, -0.2) is 0 Å². The van der Waals surface area contributed by atoms with Crippen molar-refractivity contribution in [2.45, 2.75) is 26.1 Å². The van der Waals surface area contributed by atoms with Crippen molar-refractivity contribution in [3.63, 3.8) is 0 Å². The third-order valence-electron chi connectivity index (χ3n) is 1.78. The molecule has 5 heteroatoms. The van der Waals surface area contributed by atoms with E-state index in [4.69, 9.17) is 24.1 Å². The molecule has 1 N–H and O–H groups in total. The van der Waals surface area contributed by atoms with Gasteiger partial charge in [0.1, 0.15) is 0 Å². The summed E-state index contributed by atoms with van der Waals surface area (Å²) in [7, 11) is 1.64. The zero-order chi connectivity index (χ0) is 12.2. The topological polar surface area (TPSA) is 57.2 Å². The van der Waals surface area contributed by atoms with Crippen molar-refractivity contribution in [1.82, 2.24) is 0 Å². The predicted octanol–water partition coefficient (Wildman–Crippen LogP) is 0.452. The van der Waals surface area contributed by atoms with Crippen molar-refractivity contribution in [2.75, 3.05) is 46.8 Å². The van der Waals surface area contributed by atoms with E-state index in [0.717, 1.165) is 0 Å². The van der Waals surface area contributed by atoms with Crippen molar-refractivity contribution in [3.8, 4) is 0 Å². The third-order valence-corrected chi connectivity index (χ3v) is 1.78. The maximum atomic E-state index is 9.00. The van der Waals surface area contributed by atoms with Crippen LogP contribution in [0.25, 0.3) is 0 Å². The average molecular weight is 236 g/mol. The van der Waals surface area contributed by atoms with Crippen molar-refractivity contribution >= 4 is 0 Å². The van der Waals surface area contributed by atoms with E-state index in [-0.39, 0.29) is 6.10 Å². The molecule has 0 amide bonds. The van der Waals surface area contributed by atoms with Crippen LogP contribution in [0, 0.1) is 0 Å². The summed E-state index contributed by atoms with van der Waals surface area (Å²) in [4.78, 5) is 0. The van der Waals surface area contributed by atoms with E-state index in [1.807, 2.05) is 6.92 Å². The van der Waals surface area contributed by atoms with Gasteiger partial charge in [0.25, 0.3) is 0 Å². The zero-order valence-electron chi connectivity index (χ0n) is 10.5. The van der Waals surface area contributed by atoms with E-state index in [9.17, 15) is 0 Å². The van der Waals surface area contributed by atoms with Gasteiger partial charge < -0.3 is 24.1 Å². The van der Waals surface area contributed by atoms with Crippen LogP contribution in [0.1, 0.15) is 13.8 Å². The molecule has 0 aliphatic carbocycles. The number of methoxy groups -OCH3 is 1. The van der Waals surface area contributed by atoms with Gasteiger partial charge >= 0.3 is 0 Å². The van der Waals surface area contributed by atoms with Crippen molar-refractivity contribution in [1.29, 1.82) is 0 Å². The number of aliphatic hydroxyl groups is 1. The standard InChI is InChI=1S/C11H24O5/c1-10(12)8-16-11(2)9-15-7-6-14-5-4-13-3/h10-12H,4-9H2,1-3H3. The minimum atomic E-state index is -0.431. The highest BCUT2D eigenvalue weighted by atomic mass is 16.6. The molecule has 2 unspecified atom stereocenters. The smallest absolute Gasteiger partial charge is 0.0781 e. The largest absolute Gasteiger partial charge is 0.391 e. The second kappa shape index (κ2) is 11.3. The fourth-order valence-corrected chi connectivity index (χ4v) is 0.963. The first kappa shape index (κ1) is 15.8. The van der Waals surface area contributed by atoms with Gasteiger partial charge in [0, 0.05) is 7.11 Å². The molecule has 0 rings (SSSR count). The first-order valence-electron chi connectivity index (χ1n) is 5.61. The molecule has 0 aliphatic heterocycles. The van der Waals surface area contributed by atoms with Gasteiger partial charge in [-0.1, -0.05) is 0 Å². The SMILES string of the molecule is COCCOCCOCC(C)OCC(C)O. The summed E-state index contributed by atoms with van der Waals surface area (Å²) >= 11 is 0. The second-order valence-corrected chi connectivity index (χ2v) is 3.67. The van der Waals surface area contributed by atoms with E-state index in [2.05, 4.69) is 0 Å². The highest BCUT2D eigenvalue weighted by molar-refractivity contribution is 4.50. The fraction of sp³-hybridized carbons (Fsp3) is 1.00. The van der Waals surface area contributed by atoms with Gasteiger partial charge in [0.05, 0.1) is 51.8 Å². The molecule has 0 bridgehead atoms. The lowest BCUT2D eigenvalue weighted by atomic mass is 10.4. The Morgan fingerprint density at radius 3 is 2.19 bits per heavy atom. The molecule has 0 fully saturated rings. The number of ether oxygens (including phenoxy) is 4. The Hall–Kier alpha value is -0.200.